The third kappa shape index (κ3) is 5.70. The molecule has 0 fully saturated rings. The first-order chi connectivity index (χ1) is 15.9. The summed E-state index contributed by atoms with van der Waals surface area (Å²) in [6.45, 7) is 2.92. The fourth-order valence-corrected chi connectivity index (χ4v) is 4.26. The van der Waals surface area contributed by atoms with Gasteiger partial charge in [0, 0.05) is 24.5 Å². The lowest BCUT2D eigenvalue weighted by Crippen LogP contribution is -2.20. The van der Waals surface area contributed by atoms with E-state index in [-0.39, 0.29) is 6.04 Å². The Morgan fingerprint density at radius 3 is 2.30 bits per heavy atom. The molecule has 168 valence electrons. The van der Waals surface area contributed by atoms with Crippen molar-refractivity contribution < 1.29 is 17.7 Å². The van der Waals surface area contributed by atoms with Gasteiger partial charge in [0.05, 0.1) is 5.56 Å². The first-order valence-corrected chi connectivity index (χ1v) is 11.2. The molecule has 0 N–H and O–H groups in total. The van der Waals surface area contributed by atoms with Crippen molar-refractivity contribution in [1.82, 2.24) is 0 Å². The van der Waals surface area contributed by atoms with Crippen LogP contribution in [-0.2, 0) is 12.6 Å². The summed E-state index contributed by atoms with van der Waals surface area (Å²) in [4.78, 5) is 0. The highest BCUT2D eigenvalue weighted by atomic mass is 19.4. The molecular formula is C29H27F3N+. The summed E-state index contributed by atoms with van der Waals surface area (Å²) in [5, 5.41) is 2.42. The molecule has 1 nitrogen and oxygen atoms in total. The Hall–Kier alpha value is -3.40. The number of alkyl halides is 3. The molecule has 0 heterocycles. The molecule has 0 bridgehead atoms. The molecule has 0 aliphatic rings. The van der Waals surface area contributed by atoms with Crippen LogP contribution in [-0.4, -0.2) is 17.3 Å². The van der Waals surface area contributed by atoms with Gasteiger partial charge in [0.25, 0.3) is 0 Å². The Balaban J connectivity index is 1.59. The van der Waals surface area contributed by atoms with E-state index in [0.29, 0.717) is 12.0 Å². The van der Waals surface area contributed by atoms with Gasteiger partial charge in [-0.3, -0.25) is 0 Å². The standard InChI is InChI=1S/C29H27F3N/c1-22(27-18-8-15-25-14-5-6-17-28(25)27)33(21-24-10-3-2-4-11-24)19-9-13-23-12-7-16-26(20-23)29(30,31)32/h2-8,10-12,14-18,20-22H,9,13,19H2,1H3/q+1/b33-21-/t22-/m1/s1. The topological polar surface area (TPSA) is 3.01 Å². The fourth-order valence-electron chi connectivity index (χ4n) is 4.26. The van der Waals surface area contributed by atoms with Crippen LogP contribution >= 0.6 is 0 Å². The molecule has 33 heavy (non-hydrogen) atoms. The molecule has 4 rings (SSSR count). The Kier molecular flexibility index (Phi) is 6.93. The van der Waals surface area contributed by atoms with E-state index in [4.69, 9.17) is 0 Å². The van der Waals surface area contributed by atoms with Crippen LogP contribution in [0.15, 0.2) is 97.1 Å². The van der Waals surface area contributed by atoms with E-state index in [1.807, 2.05) is 24.3 Å². The fraction of sp³-hybridized carbons (Fsp3) is 0.207. The molecule has 0 amide bonds. The quantitative estimate of drug-likeness (QED) is 0.202. The normalized spacial score (nSPS) is 13.3. The lowest BCUT2D eigenvalue weighted by Gasteiger charge is -2.15. The molecule has 0 spiro atoms. The summed E-state index contributed by atoms with van der Waals surface area (Å²) < 4.78 is 41.5. The number of benzene rings is 4. The summed E-state index contributed by atoms with van der Waals surface area (Å²) in [5.74, 6) is 0. The van der Waals surface area contributed by atoms with Gasteiger partial charge in [0.15, 0.2) is 12.3 Å². The van der Waals surface area contributed by atoms with Crippen molar-refractivity contribution in [3.8, 4) is 0 Å². The van der Waals surface area contributed by atoms with E-state index in [9.17, 15) is 13.2 Å². The maximum Gasteiger partial charge on any atom is 0.416 e. The molecule has 0 aliphatic heterocycles. The van der Waals surface area contributed by atoms with Gasteiger partial charge in [0.1, 0.15) is 6.54 Å². The van der Waals surface area contributed by atoms with Gasteiger partial charge >= 0.3 is 6.18 Å². The van der Waals surface area contributed by atoms with E-state index >= 15 is 0 Å². The average Bonchev–Trinajstić information content (AvgIpc) is 2.83. The van der Waals surface area contributed by atoms with Gasteiger partial charge in [-0.05, 0) is 41.0 Å². The van der Waals surface area contributed by atoms with Crippen molar-refractivity contribution in [2.75, 3.05) is 6.54 Å². The molecule has 4 heteroatoms. The Labute approximate surface area is 192 Å². The maximum absolute atomic E-state index is 13.1. The van der Waals surface area contributed by atoms with E-state index in [2.05, 4.69) is 66.2 Å². The predicted molar refractivity (Wildman–Crippen MR) is 129 cm³/mol. The van der Waals surface area contributed by atoms with Gasteiger partial charge in [0.2, 0.25) is 0 Å². The predicted octanol–water partition coefficient (Wildman–Crippen LogP) is 7.68. The highest BCUT2D eigenvalue weighted by molar-refractivity contribution is 5.86. The molecule has 4 aromatic rings. The van der Waals surface area contributed by atoms with Crippen LogP contribution in [0.25, 0.3) is 10.8 Å². The molecule has 0 saturated carbocycles. The first kappa shape index (κ1) is 22.8. The smallest absolute Gasteiger partial charge is 0.229 e. The van der Waals surface area contributed by atoms with Crippen LogP contribution in [0, 0.1) is 0 Å². The van der Waals surface area contributed by atoms with Crippen LogP contribution in [0.3, 0.4) is 0 Å². The van der Waals surface area contributed by atoms with Crippen molar-refractivity contribution in [3.63, 3.8) is 0 Å². The summed E-state index contributed by atoms with van der Waals surface area (Å²) in [6.07, 6.45) is -0.824. The lowest BCUT2D eigenvalue weighted by molar-refractivity contribution is -0.564. The molecule has 0 radical (unpaired) electrons. The van der Waals surface area contributed by atoms with Crippen LogP contribution in [0.1, 0.15) is 41.6 Å². The number of fused-ring (bicyclic) bond motifs is 1. The monoisotopic (exact) mass is 446 g/mol. The summed E-state index contributed by atoms with van der Waals surface area (Å²) in [7, 11) is 0. The summed E-state index contributed by atoms with van der Waals surface area (Å²) >= 11 is 0. The molecule has 0 aromatic heterocycles. The number of nitrogens with zero attached hydrogens (tertiary/aromatic N) is 1. The Morgan fingerprint density at radius 1 is 0.818 bits per heavy atom. The molecule has 0 aliphatic carbocycles. The van der Waals surface area contributed by atoms with Gasteiger partial charge in [-0.2, -0.15) is 13.2 Å². The van der Waals surface area contributed by atoms with Crippen molar-refractivity contribution in [2.24, 2.45) is 0 Å². The highest BCUT2D eigenvalue weighted by Gasteiger charge is 2.30. The zero-order chi connectivity index (χ0) is 23.3. The minimum absolute atomic E-state index is 0.109. The van der Waals surface area contributed by atoms with Crippen molar-refractivity contribution in [2.45, 2.75) is 32.0 Å². The van der Waals surface area contributed by atoms with Gasteiger partial charge in [-0.15, -0.1) is 0 Å². The second-order valence-electron chi connectivity index (χ2n) is 8.32. The van der Waals surface area contributed by atoms with Crippen LogP contribution in [0.5, 0.6) is 0 Å². The van der Waals surface area contributed by atoms with Crippen LogP contribution in [0.4, 0.5) is 13.2 Å². The second-order valence-corrected chi connectivity index (χ2v) is 8.32. The number of hydrogen-bond donors (Lipinski definition) is 0. The van der Waals surface area contributed by atoms with Crippen molar-refractivity contribution in [3.05, 3.63) is 119 Å². The lowest BCUT2D eigenvalue weighted by atomic mass is 9.99. The van der Waals surface area contributed by atoms with Gasteiger partial charge < -0.3 is 0 Å². The zero-order valence-electron chi connectivity index (χ0n) is 18.6. The van der Waals surface area contributed by atoms with Gasteiger partial charge in [-0.1, -0.05) is 78.9 Å². The number of rotatable bonds is 7. The first-order valence-electron chi connectivity index (χ1n) is 11.2. The molecule has 4 aromatic carbocycles. The minimum Gasteiger partial charge on any atom is -0.229 e. The van der Waals surface area contributed by atoms with E-state index in [0.717, 1.165) is 24.6 Å². The minimum atomic E-state index is -4.31. The van der Waals surface area contributed by atoms with Crippen molar-refractivity contribution in [1.29, 1.82) is 0 Å². The maximum atomic E-state index is 13.1. The van der Waals surface area contributed by atoms with Gasteiger partial charge in [-0.25, -0.2) is 4.58 Å². The zero-order valence-corrected chi connectivity index (χ0v) is 18.6. The average molecular weight is 447 g/mol. The number of hydrogen-bond acceptors (Lipinski definition) is 0. The Morgan fingerprint density at radius 2 is 1.52 bits per heavy atom. The molecular weight excluding hydrogens is 419 g/mol. The van der Waals surface area contributed by atoms with Crippen LogP contribution < -0.4 is 0 Å². The summed E-state index contributed by atoms with van der Waals surface area (Å²) in [6, 6.07) is 30.6. The molecule has 0 unspecified atom stereocenters. The van der Waals surface area contributed by atoms with E-state index in [1.54, 1.807) is 6.07 Å². The van der Waals surface area contributed by atoms with Crippen LogP contribution in [0.2, 0.25) is 0 Å². The number of halogens is 3. The van der Waals surface area contributed by atoms with E-state index in [1.165, 1.54) is 28.5 Å². The Bertz CT molecular complexity index is 1240. The third-order valence-electron chi connectivity index (χ3n) is 6.02. The van der Waals surface area contributed by atoms with E-state index < -0.39 is 11.7 Å². The molecule has 0 saturated heterocycles. The third-order valence-corrected chi connectivity index (χ3v) is 6.02. The molecule has 1 atom stereocenters. The highest BCUT2D eigenvalue weighted by Crippen LogP contribution is 2.30. The van der Waals surface area contributed by atoms with Crippen molar-refractivity contribution >= 4 is 17.0 Å². The number of aryl methyl sites for hydroxylation is 1. The summed E-state index contributed by atoms with van der Waals surface area (Å²) in [5.41, 5.74) is 2.46. The second kappa shape index (κ2) is 10.0. The largest absolute Gasteiger partial charge is 0.416 e. The SMILES string of the molecule is C[C@H](c1cccc2ccccc12)/[N+](=C\c1ccccc1)CCCc1cccc(C(F)(F)F)c1.